The molecule has 2 N–H and O–H groups in total. The van der Waals surface area contributed by atoms with Gasteiger partial charge in [0.2, 0.25) is 17.8 Å². The summed E-state index contributed by atoms with van der Waals surface area (Å²) in [6.07, 6.45) is 3.77. The summed E-state index contributed by atoms with van der Waals surface area (Å²) in [6, 6.07) is 10.1. The van der Waals surface area contributed by atoms with Crippen LogP contribution in [0.5, 0.6) is 0 Å². The van der Waals surface area contributed by atoms with Crippen molar-refractivity contribution in [1.29, 1.82) is 0 Å². The van der Waals surface area contributed by atoms with Crippen LogP contribution in [0, 0.1) is 0 Å². The first-order chi connectivity index (χ1) is 16.7. The molecule has 34 heavy (non-hydrogen) atoms. The number of nitrogens with one attached hydrogen (secondary N) is 1. The molecule has 2 aromatic heterocycles. The summed E-state index contributed by atoms with van der Waals surface area (Å²) in [6.45, 7) is 4.58. The molecular formula is C23H25N7O4. The Kier molecular flexibility index (Phi) is 6.34. The molecule has 11 heteroatoms. The number of rotatable bonds is 7. The second-order valence-corrected chi connectivity index (χ2v) is 8.01. The number of hydrazone groups is 1. The monoisotopic (exact) mass is 463 g/mol. The van der Waals surface area contributed by atoms with Crippen LogP contribution in [0.1, 0.15) is 29.0 Å². The van der Waals surface area contributed by atoms with Gasteiger partial charge >= 0.3 is 5.97 Å². The molecule has 3 aromatic rings. The maximum atomic E-state index is 11.2. The molecule has 0 aliphatic carbocycles. The number of carboxylic acids is 1. The highest BCUT2D eigenvalue weighted by Crippen LogP contribution is 2.23. The summed E-state index contributed by atoms with van der Waals surface area (Å²) in [5.74, 6) is 1.68. The molecule has 2 saturated heterocycles. The Labute approximate surface area is 196 Å². The second-order valence-electron chi connectivity index (χ2n) is 8.01. The molecule has 0 unspecified atom stereocenters. The third kappa shape index (κ3) is 4.99. The minimum absolute atomic E-state index is 0.200. The van der Waals surface area contributed by atoms with Crippen LogP contribution in [-0.2, 0) is 4.74 Å². The predicted molar refractivity (Wildman–Crippen MR) is 127 cm³/mol. The van der Waals surface area contributed by atoms with Crippen LogP contribution in [0.3, 0.4) is 0 Å². The number of aromatic nitrogens is 3. The first-order valence-corrected chi connectivity index (χ1v) is 11.2. The van der Waals surface area contributed by atoms with Gasteiger partial charge in [-0.1, -0.05) is 12.1 Å². The van der Waals surface area contributed by atoms with Crippen LogP contribution in [0.25, 0.3) is 11.3 Å². The van der Waals surface area contributed by atoms with E-state index in [1.807, 2.05) is 0 Å². The lowest BCUT2D eigenvalue weighted by atomic mass is 10.1. The van der Waals surface area contributed by atoms with Gasteiger partial charge in [0.25, 0.3) is 0 Å². The highest BCUT2D eigenvalue weighted by molar-refractivity contribution is 5.89. The number of carboxylic acid groups (broad SMARTS) is 1. The number of hydrogen-bond acceptors (Lipinski definition) is 10. The molecule has 0 spiro atoms. The molecule has 5 rings (SSSR count). The molecule has 2 aliphatic rings. The summed E-state index contributed by atoms with van der Waals surface area (Å²) in [7, 11) is 0. The van der Waals surface area contributed by atoms with E-state index in [2.05, 4.69) is 35.3 Å². The van der Waals surface area contributed by atoms with Gasteiger partial charge in [0.05, 0.1) is 25.0 Å². The molecule has 0 saturated carbocycles. The van der Waals surface area contributed by atoms with Crippen molar-refractivity contribution in [3.05, 3.63) is 47.7 Å². The Morgan fingerprint density at radius 2 is 1.74 bits per heavy atom. The predicted octanol–water partition coefficient (Wildman–Crippen LogP) is 2.71. The number of hydrogen-bond donors (Lipinski definition) is 2. The molecule has 0 amide bonds. The van der Waals surface area contributed by atoms with Crippen molar-refractivity contribution in [2.24, 2.45) is 5.10 Å². The Morgan fingerprint density at radius 3 is 2.47 bits per heavy atom. The first kappa shape index (κ1) is 21.8. The van der Waals surface area contributed by atoms with Gasteiger partial charge in [-0.05, 0) is 37.1 Å². The van der Waals surface area contributed by atoms with Crippen LogP contribution in [0.4, 0.5) is 17.8 Å². The summed E-state index contributed by atoms with van der Waals surface area (Å²) in [5.41, 5.74) is 3.77. The van der Waals surface area contributed by atoms with E-state index in [1.54, 1.807) is 30.3 Å². The van der Waals surface area contributed by atoms with E-state index in [4.69, 9.17) is 9.15 Å². The summed E-state index contributed by atoms with van der Waals surface area (Å²) in [5, 5.41) is 13.4. The van der Waals surface area contributed by atoms with Crippen LogP contribution in [-0.4, -0.2) is 71.6 Å². The molecular weight excluding hydrogens is 438 g/mol. The number of furan rings is 1. The number of ether oxygens (including phenoxy) is 1. The van der Waals surface area contributed by atoms with Gasteiger partial charge in [-0.25, -0.2) is 10.2 Å². The molecule has 2 fully saturated rings. The lowest BCUT2D eigenvalue weighted by molar-refractivity contribution is 0.0697. The van der Waals surface area contributed by atoms with Gasteiger partial charge in [-0.3, -0.25) is 0 Å². The minimum atomic E-state index is -0.985. The van der Waals surface area contributed by atoms with Crippen LogP contribution in [0.2, 0.25) is 0 Å². The highest BCUT2D eigenvalue weighted by Gasteiger charge is 2.21. The van der Waals surface area contributed by atoms with Crippen molar-refractivity contribution < 1.29 is 19.1 Å². The maximum Gasteiger partial charge on any atom is 0.335 e. The molecule has 4 heterocycles. The zero-order valence-corrected chi connectivity index (χ0v) is 18.6. The Bertz CT molecular complexity index is 1180. The minimum Gasteiger partial charge on any atom is -0.478 e. The number of nitrogens with zero attached hydrogens (tertiary/aromatic N) is 6. The van der Waals surface area contributed by atoms with Crippen LogP contribution >= 0.6 is 0 Å². The number of morpholine rings is 1. The van der Waals surface area contributed by atoms with Gasteiger partial charge < -0.3 is 24.1 Å². The van der Waals surface area contributed by atoms with E-state index in [0.717, 1.165) is 39.0 Å². The van der Waals surface area contributed by atoms with E-state index >= 15 is 0 Å². The second kappa shape index (κ2) is 9.87. The Morgan fingerprint density at radius 1 is 1.00 bits per heavy atom. The normalized spacial score (nSPS) is 16.4. The molecule has 176 valence electrons. The average Bonchev–Trinajstić information content (AvgIpc) is 3.57. The fourth-order valence-corrected chi connectivity index (χ4v) is 3.90. The molecule has 1 aromatic carbocycles. The number of aromatic carboxylic acids is 1. The average molecular weight is 463 g/mol. The fourth-order valence-electron chi connectivity index (χ4n) is 3.90. The van der Waals surface area contributed by atoms with E-state index in [-0.39, 0.29) is 5.56 Å². The lowest BCUT2D eigenvalue weighted by Crippen LogP contribution is -2.38. The maximum absolute atomic E-state index is 11.2. The van der Waals surface area contributed by atoms with Crippen LogP contribution < -0.4 is 15.2 Å². The van der Waals surface area contributed by atoms with E-state index in [1.165, 1.54) is 12.3 Å². The number of anilines is 3. The third-order valence-electron chi connectivity index (χ3n) is 5.67. The van der Waals surface area contributed by atoms with Gasteiger partial charge in [0.1, 0.15) is 11.5 Å². The Hall–Kier alpha value is -3.99. The summed E-state index contributed by atoms with van der Waals surface area (Å²) < 4.78 is 11.2. The zero-order valence-electron chi connectivity index (χ0n) is 18.6. The van der Waals surface area contributed by atoms with Crippen LogP contribution in [0.15, 0.2) is 45.9 Å². The molecule has 0 radical (unpaired) electrons. The van der Waals surface area contributed by atoms with Crippen molar-refractivity contribution in [3.8, 4) is 11.3 Å². The standard InChI is InChI=1S/C23H25N7O4/c31-20(32)17-5-3-4-16(14-17)19-7-6-18(34-19)15-24-28-21-25-22(29-8-1-2-9-29)27-23(26-21)30-10-12-33-13-11-30/h3-7,14-15H,1-2,8-13H2,(H,31,32)(H,25,26,27,28)/b24-15+. The van der Waals surface area contributed by atoms with Crippen molar-refractivity contribution in [2.45, 2.75) is 12.8 Å². The van der Waals surface area contributed by atoms with Gasteiger partial charge in [0, 0.05) is 31.7 Å². The zero-order chi connectivity index (χ0) is 23.3. The smallest absolute Gasteiger partial charge is 0.335 e. The quantitative estimate of drug-likeness (QED) is 0.398. The fraction of sp³-hybridized carbons (Fsp3) is 0.348. The van der Waals surface area contributed by atoms with Crippen molar-refractivity contribution >= 4 is 30.0 Å². The van der Waals surface area contributed by atoms with E-state index in [0.29, 0.717) is 48.1 Å². The Balaban J connectivity index is 1.32. The molecule has 11 nitrogen and oxygen atoms in total. The van der Waals surface area contributed by atoms with Crippen molar-refractivity contribution in [3.63, 3.8) is 0 Å². The summed E-state index contributed by atoms with van der Waals surface area (Å²) in [4.78, 5) is 29.2. The number of carbonyl (C=O) groups is 1. The lowest BCUT2D eigenvalue weighted by Gasteiger charge is -2.27. The van der Waals surface area contributed by atoms with Crippen molar-refractivity contribution in [2.75, 3.05) is 54.6 Å². The van der Waals surface area contributed by atoms with Gasteiger partial charge in [-0.2, -0.15) is 20.1 Å². The topological polar surface area (TPSA) is 129 Å². The SMILES string of the molecule is O=C(O)c1cccc(-c2ccc(/C=N/Nc3nc(N4CCCC4)nc(N4CCOCC4)n3)o2)c1. The molecule has 2 aliphatic heterocycles. The van der Waals surface area contributed by atoms with Gasteiger partial charge in [0.15, 0.2) is 0 Å². The summed E-state index contributed by atoms with van der Waals surface area (Å²) >= 11 is 0. The molecule has 0 atom stereocenters. The van der Waals surface area contributed by atoms with E-state index in [9.17, 15) is 9.90 Å². The highest BCUT2D eigenvalue weighted by atomic mass is 16.5. The molecule has 0 bridgehead atoms. The third-order valence-corrected chi connectivity index (χ3v) is 5.67. The van der Waals surface area contributed by atoms with Crippen molar-refractivity contribution in [1.82, 2.24) is 15.0 Å². The van der Waals surface area contributed by atoms with E-state index < -0.39 is 5.97 Å². The first-order valence-electron chi connectivity index (χ1n) is 11.2. The number of benzene rings is 1. The van der Waals surface area contributed by atoms with Gasteiger partial charge in [-0.15, -0.1) is 0 Å². The largest absolute Gasteiger partial charge is 0.478 e.